The lowest BCUT2D eigenvalue weighted by Gasteiger charge is -2.03. The topological polar surface area (TPSA) is 67.9 Å². The zero-order valence-corrected chi connectivity index (χ0v) is 12.6. The molecule has 5 heteroatoms. The highest BCUT2D eigenvalue weighted by Crippen LogP contribution is 2.33. The third-order valence-corrected chi connectivity index (χ3v) is 3.51. The molecular formula is C17H19N3O2. The van der Waals surface area contributed by atoms with Crippen molar-refractivity contribution in [3.63, 3.8) is 0 Å². The maximum Gasteiger partial charge on any atom is 0.341 e. The van der Waals surface area contributed by atoms with Gasteiger partial charge in [0, 0.05) is 6.42 Å². The number of hydrogen-bond donors (Lipinski definition) is 1. The summed E-state index contributed by atoms with van der Waals surface area (Å²) >= 11 is 0. The van der Waals surface area contributed by atoms with Gasteiger partial charge in [0.25, 0.3) is 0 Å². The lowest BCUT2D eigenvalue weighted by Crippen LogP contribution is -2.08. The molecule has 0 atom stereocenters. The number of rotatable bonds is 6. The minimum Gasteiger partial charge on any atom is -0.462 e. The first kappa shape index (κ1) is 14.5. The molecule has 1 aliphatic rings. The predicted molar refractivity (Wildman–Crippen MR) is 83.0 cm³/mol. The molecule has 1 N–H and O–H groups in total. The van der Waals surface area contributed by atoms with Gasteiger partial charge in [0.1, 0.15) is 11.4 Å². The maximum atomic E-state index is 12.1. The number of aromatic nitrogens is 3. The second-order valence-electron chi connectivity index (χ2n) is 5.41. The number of esters is 1. The highest BCUT2D eigenvalue weighted by atomic mass is 16.5. The molecule has 2 aromatic rings. The van der Waals surface area contributed by atoms with Crippen LogP contribution in [-0.2, 0) is 16.0 Å². The molecule has 0 amide bonds. The maximum absolute atomic E-state index is 12.1. The Kier molecular flexibility index (Phi) is 4.32. The molecule has 1 fully saturated rings. The van der Waals surface area contributed by atoms with Crippen LogP contribution in [0.15, 0.2) is 36.4 Å². The van der Waals surface area contributed by atoms with Crippen LogP contribution < -0.4 is 0 Å². The van der Waals surface area contributed by atoms with Crippen LogP contribution in [0, 0.1) is 5.92 Å². The molecule has 3 rings (SSSR count). The van der Waals surface area contributed by atoms with Crippen LogP contribution in [0.1, 0.15) is 37.0 Å². The Morgan fingerprint density at radius 1 is 1.36 bits per heavy atom. The Labute approximate surface area is 129 Å². The SMILES string of the molecule is CCOC(=O)C(=CC1CC1)c1n[nH]c(Cc2ccccc2)n1. The molecule has 1 aromatic carbocycles. The third-order valence-electron chi connectivity index (χ3n) is 3.51. The first-order chi connectivity index (χ1) is 10.8. The molecule has 5 nitrogen and oxygen atoms in total. The van der Waals surface area contributed by atoms with Gasteiger partial charge in [-0.3, -0.25) is 5.10 Å². The lowest BCUT2D eigenvalue weighted by atomic mass is 10.1. The van der Waals surface area contributed by atoms with E-state index < -0.39 is 0 Å². The van der Waals surface area contributed by atoms with Gasteiger partial charge >= 0.3 is 5.97 Å². The fourth-order valence-corrected chi connectivity index (χ4v) is 2.23. The summed E-state index contributed by atoms with van der Waals surface area (Å²) in [7, 11) is 0. The number of carbonyl (C=O) groups excluding carboxylic acids is 1. The number of nitrogens with one attached hydrogen (secondary N) is 1. The number of hydrogen-bond acceptors (Lipinski definition) is 4. The van der Waals surface area contributed by atoms with Crippen molar-refractivity contribution in [2.24, 2.45) is 5.92 Å². The largest absolute Gasteiger partial charge is 0.462 e. The number of benzene rings is 1. The zero-order chi connectivity index (χ0) is 15.4. The minimum atomic E-state index is -0.348. The van der Waals surface area contributed by atoms with Crippen LogP contribution in [0.25, 0.3) is 5.57 Å². The molecular weight excluding hydrogens is 278 g/mol. The Morgan fingerprint density at radius 3 is 2.82 bits per heavy atom. The van der Waals surface area contributed by atoms with Gasteiger partial charge in [0.15, 0.2) is 5.82 Å². The number of nitrogens with zero attached hydrogens (tertiary/aromatic N) is 2. The van der Waals surface area contributed by atoms with Crippen LogP contribution in [0.2, 0.25) is 0 Å². The normalized spacial score (nSPS) is 14.9. The molecule has 0 aliphatic heterocycles. The average Bonchev–Trinajstić information content (AvgIpc) is 3.24. The molecule has 0 spiro atoms. The summed E-state index contributed by atoms with van der Waals surface area (Å²) in [5.41, 5.74) is 1.62. The second kappa shape index (κ2) is 6.56. The monoisotopic (exact) mass is 297 g/mol. The van der Waals surface area contributed by atoms with Gasteiger partial charge < -0.3 is 4.74 Å². The van der Waals surface area contributed by atoms with E-state index >= 15 is 0 Å². The minimum absolute atomic E-state index is 0.348. The van der Waals surface area contributed by atoms with Gasteiger partial charge in [0.05, 0.1) is 6.61 Å². The summed E-state index contributed by atoms with van der Waals surface area (Å²) in [4.78, 5) is 16.5. The smallest absolute Gasteiger partial charge is 0.341 e. The predicted octanol–water partition coefficient (Wildman–Crippen LogP) is 2.75. The summed E-state index contributed by atoms with van der Waals surface area (Å²) in [6.45, 7) is 2.15. The van der Waals surface area contributed by atoms with Gasteiger partial charge in [-0.25, -0.2) is 9.78 Å². The van der Waals surface area contributed by atoms with E-state index in [-0.39, 0.29) is 5.97 Å². The van der Waals surface area contributed by atoms with E-state index in [2.05, 4.69) is 15.2 Å². The first-order valence-electron chi connectivity index (χ1n) is 7.60. The fraction of sp³-hybridized carbons (Fsp3) is 0.353. The van der Waals surface area contributed by atoms with Crippen molar-refractivity contribution < 1.29 is 9.53 Å². The molecule has 0 bridgehead atoms. The van der Waals surface area contributed by atoms with Crippen molar-refractivity contribution in [1.29, 1.82) is 0 Å². The first-order valence-corrected chi connectivity index (χ1v) is 7.60. The summed E-state index contributed by atoms with van der Waals surface area (Å²) < 4.78 is 5.11. The van der Waals surface area contributed by atoms with E-state index in [9.17, 15) is 4.79 Å². The molecule has 0 radical (unpaired) electrons. The highest BCUT2D eigenvalue weighted by molar-refractivity contribution is 6.15. The fourth-order valence-electron chi connectivity index (χ4n) is 2.23. The summed E-state index contributed by atoms with van der Waals surface area (Å²) in [5.74, 6) is 1.28. The third kappa shape index (κ3) is 3.61. The number of H-pyrrole nitrogens is 1. The quantitative estimate of drug-likeness (QED) is 0.657. The molecule has 1 saturated carbocycles. The van der Waals surface area contributed by atoms with Crippen LogP contribution in [0.3, 0.4) is 0 Å². The molecule has 1 aliphatic carbocycles. The van der Waals surface area contributed by atoms with E-state index in [0.717, 1.165) is 24.2 Å². The Bertz CT molecular complexity index is 672. The molecule has 0 saturated heterocycles. The van der Waals surface area contributed by atoms with Crippen LogP contribution in [-0.4, -0.2) is 27.8 Å². The van der Waals surface area contributed by atoms with Gasteiger partial charge in [-0.05, 0) is 31.2 Å². The molecule has 114 valence electrons. The van der Waals surface area contributed by atoms with Gasteiger partial charge in [-0.2, -0.15) is 5.10 Å². The number of allylic oxidation sites excluding steroid dienone is 1. The van der Waals surface area contributed by atoms with Crippen molar-refractivity contribution in [1.82, 2.24) is 15.2 Å². The molecule has 0 unspecified atom stereocenters. The van der Waals surface area contributed by atoms with E-state index in [1.54, 1.807) is 6.92 Å². The standard InChI is InChI=1S/C17H19N3O2/c1-2-22-17(21)14(10-13-8-9-13)16-18-15(19-20-16)11-12-6-4-3-5-7-12/h3-7,10,13H,2,8-9,11H2,1H3,(H,18,19,20). The van der Waals surface area contributed by atoms with Crippen molar-refractivity contribution in [2.45, 2.75) is 26.2 Å². The van der Waals surface area contributed by atoms with Crippen molar-refractivity contribution in [2.75, 3.05) is 6.61 Å². The van der Waals surface area contributed by atoms with Gasteiger partial charge in [0.2, 0.25) is 0 Å². The summed E-state index contributed by atoms with van der Waals surface area (Å²) in [6.07, 6.45) is 4.83. The van der Waals surface area contributed by atoms with Crippen LogP contribution >= 0.6 is 0 Å². The number of carbonyl (C=O) groups is 1. The average molecular weight is 297 g/mol. The Balaban J connectivity index is 1.79. The number of ether oxygens (including phenoxy) is 1. The second-order valence-corrected chi connectivity index (χ2v) is 5.41. The number of aromatic amines is 1. The van der Waals surface area contributed by atoms with Crippen molar-refractivity contribution >= 4 is 11.5 Å². The van der Waals surface area contributed by atoms with Gasteiger partial charge in [-0.1, -0.05) is 36.4 Å². The van der Waals surface area contributed by atoms with Crippen molar-refractivity contribution in [3.05, 3.63) is 53.6 Å². The molecule has 1 heterocycles. The van der Waals surface area contributed by atoms with Gasteiger partial charge in [-0.15, -0.1) is 0 Å². The van der Waals surface area contributed by atoms with Crippen LogP contribution in [0.4, 0.5) is 0 Å². The molecule has 1 aromatic heterocycles. The van der Waals surface area contributed by atoms with E-state index in [4.69, 9.17) is 4.74 Å². The lowest BCUT2D eigenvalue weighted by molar-refractivity contribution is -0.136. The summed E-state index contributed by atoms with van der Waals surface area (Å²) in [5, 5.41) is 7.11. The van der Waals surface area contributed by atoms with E-state index in [0.29, 0.717) is 30.3 Å². The Hall–Kier alpha value is -2.43. The van der Waals surface area contributed by atoms with Crippen molar-refractivity contribution in [3.8, 4) is 0 Å². The van der Waals surface area contributed by atoms with E-state index in [1.165, 1.54) is 0 Å². The zero-order valence-electron chi connectivity index (χ0n) is 12.6. The summed E-state index contributed by atoms with van der Waals surface area (Å²) in [6, 6.07) is 10.0. The van der Waals surface area contributed by atoms with Crippen LogP contribution in [0.5, 0.6) is 0 Å². The van der Waals surface area contributed by atoms with E-state index in [1.807, 2.05) is 36.4 Å². The Morgan fingerprint density at radius 2 is 2.14 bits per heavy atom. The highest BCUT2D eigenvalue weighted by Gasteiger charge is 2.25. The molecule has 22 heavy (non-hydrogen) atoms.